The highest BCUT2D eigenvalue weighted by atomic mass is 16.5. The van der Waals surface area contributed by atoms with Gasteiger partial charge in [-0.15, -0.1) is 0 Å². The highest BCUT2D eigenvalue weighted by molar-refractivity contribution is 5.80. The minimum Gasteiger partial charge on any atom is -0.378 e. The predicted octanol–water partition coefficient (Wildman–Crippen LogP) is 0.490. The number of pyridine rings is 1. The average molecular weight is 359 g/mol. The summed E-state index contributed by atoms with van der Waals surface area (Å²) in [5.74, 6) is 0.559. The monoisotopic (exact) mass is 359 g/mol. The number of carbonyl (C=O) groups is 2. The first-order valence-electron chi connectivity index (χ1n) is 9.30. The first-order valence-corrected chi connectivity index (χ1v) is 9.30. The zero-order valence-electron chi connectivity index (χ0n) is 14.9. The van der Waals surface area contributed by atoms with Crippen molar-refractivity contribution in [3.05, 3.63) is 30.1 Å². The Morgan fingerprint density at radius 2 is 2.00 bits per heavy atom. The van der Waals surface area contributed by atoms with Crippen molar-refractivity contribution in [2.24, 2.45) is 5.92 Å². The lowest BCUT2D eigenvalue weighted by atomic mass is 9.85. The molecule has 3 aliphatic rings. The second kappa shape index (κ2) is 7.32. The minimum atomic E-state index is -0.236. The van der Waals surface area contributed by atoms with Gasteiger partial charge in [0, 0.05) is 31.9 Å². The molecule has 0 saturated carbocycles. The highest BCUT2D eigenvalue weighted by Gasteiger charge is 2.51. The maximum absolute atomic E-state index is 12.4. The summed E-state index contributed by atoms with van der Waals surface area (Å²) < 4.78 is 11.3. The number of amides is 2. The Morgan fingerprint density at radius 1 is 1.19 bits per heavy atom. The summed E-state index contributed by atoms with van der Waals surface area (Å²) in [6, 6.07) is 3.76. The molecule has 1 aromatic heterocycles. The van der Waals surface area contributed by atoms with E-state index >= 15 is 0 Å². The topological polar surface area (TPSA) is 72.0 Å². The molecule has 1 spiro atoms. The lowest BCUT2D eigenvalue weighted by molar-refractivity contribution is -0.157. The fourth-order valence-electron chi connectivity index (χ4n) is 4.09. The van der Waals surface area contributed by atoms with Crippen LogP contribution in [0.1, 0.15) is 18.4 Å². The molecule has 7 heteroatoms. The van der Waals surface area contributed by atoms with Crippen molar-refractivity contribution in [3.8, 4) is 0 Å². The second-order valence-electron chi connectivity index (χ2n) is 7.55. The molecule has 4 rings (SSSR count). The van der Waals surface area contributed by atoms with Crippen molar-refractivity contribution in [1.82, 2.24) is 14.8 Å². The number of likely N-dealkylation sites (tertiary alicyclic amines) is 1. The molecule has 3 fully saturated rings. The Morgan fingerprint density at radius 3 is 2.73 bits per heavy atom. The van der Waals surface area contributed by atoms with E-state index in [0.29, 0.717) is 58.8 Å². The standard InChI is InChI=1S/C19H25N3O4/c23-17(21-4-6-25-7-5-21)9-16-10-19(26-12-16)13-22(14-19)18(24)8-15-2-1-3-20-11-15/h1-3,11,16H,4-10,12-14H2. The Kier molecular flexibility index (Phi) is 4.91. The largest absolute Gasteiger partial charge is 0.378 e. The lowest BCUT2D eigenvalue weighted by Gasteiger charge is -2.47. The van der Waals surface area contributed by atoms with Crippen molar-refractivity contribution >= 4 is 11.8 Å². The normalized spacial score (nSPS) is 24.5. The molecule has 4 heterocycles. The number of morpholine rings is 1. The van der Waals surface area contributed by atoms with Crippen molar-refractivity contribution in [2.45, 2.75) is 24.9 Å². The lowest BCUT2D eigenvalue weighted by Crippen LogP contribution is -2.63. The van der Waals surface area contributed by atoms with E-state index in [1.165, 1.54) is 0 Å². The molecule has 1 atom stereocenters. The molecule has 0 N–H and O–H groups in total. The van der Waals surface area contributed by atoms with Crippen LogP contribution in [-0.4, -0.2) is 78.2 Å². The Bertz CT molecular complexity index is 654. The van der Waals surface area contributed by atoms with Gasteiger partial charge in [0.15, 0.2) is 0 Å². The van der Waals surface area contributed by atoms with Crippen molar-refractivity contribution in [2.75, 3.05) is 46.0 Å². The molecule has 2 amide bonds. The van der Waals surface area contributed by atoms with Crippen LogP contribution in [0.15, 0.2) is 24.5 Å². The molecule has 3 aliphatic heterocycles. The summed E-state index contributed by atoms with van der Waals surface area (Å²) in [4.78, 5) is 32.5. The van der Waals surface area contributed by atoms with Crippen LogP contribution in [0.4, 0.5) is 0 Å². The Labute approximate surface area is 153 Å². The summed E-state index contributed by atoms with van der Waals surface area (Å²) in [5, 5.41) is 0. The van der Waals surface area contributed by atoms with E-state index < -0.39 is 0 Å². The summed E-state index contributed by atoms with van der Waals surface area (Å²) in [7, 11) is 0. The van der Waals surface area contributed by atoms with Gasteiger partial charge in [0.2, 0.25) is 11.8 Å². The van der Waals surface area contributed by atoms with Crippen LogP contribution in [0.5, 0.6) is 0 Å². The molecule has 140 valence electrons. The van der Waals surface area contributed by atoms with Gasteiger partial charge in [0.1, 0.15) is 5.60 Å². The van der Waals surface area contributed by atoms with E-state index in [4.69, 9.17) is 9.47 Å². The molecule has 0 aliphatic carbocycles. The van der Waals surface area contributed by atoms with Crippen LogP contribution in [0.3, 0.4) is 0 Å². The SMILES string of the molecule is O=C(CC1COC2(C1)CN(C(=O)Cc1cccnc1)C2)N1CCOCC1. The molecule has 3 saturated heterocycles. The van der Waals surface area contributed by atoms with E-state index in [2.05, 4.69) is 4.98 Å². The van der Waals surface area contributed by atoms with E-state index in [1.807, 2.05) is 21.9 Å². The van der Waals surface area contributed by atoms with Gasteiger partial charge in [-0.3, -0.25) is 14.6 Å². The fourth-order valence-corrected chi connectivity index (χ4v) is 4.09. The van der Waals surface area contributed by atoms with Crippen LogP contribution in [0.25, 0.3) is 0 Å². The van der Waals surface area contributed by atoms with Crippen LogP contribution >= 0.6 is 0 Å². The third-order valence-corrected chi connectivity index (χ3v) is 5.50. The van der Waals surface area contributed by atoms with Gasteiger partial charge in [0.05, 0.1) is 39.3 Å². The summed E-state index contributed by atoms with van der Waals surface area (Å²) >= 11 is 0. The number of carbonyl (C=O) groups excluding carboxylic acids is 2. The van der Waals surface area contributed by atoms with Crippen LogP contribution in [-0.2, 0) is 25.5 Å². The smallest absolute Gasteiger partial charge is 0.227 e. The number of aromatic nitrogens is 1. The van der Waals surface area contributed by atoms with Crippen LogP contribution in [0.2, 0.25) is 0 Å². The molecule has 0 aromatic carbocycles. The quantitative estimate of drug-likeness (QED) is 0.782. The predicted molar refractivity (Wildman–Crippen MR) is 93.3 cm³/mol. The molecule has 0 radical (unpaired) electrons. The van der Waals surface area contributed by atoms with E-state index in [9.17, 15) is 9.59 Å². The van der Waals surface area contributed by atoms with Crippen molar-refractivity contribution < 1.29 is 19.1 Å². The van der Waals surface area contributed by atoms with Crippen LogP contribution < -0.4 is 0 Å². The zero-order valence-corrected chi connectivity index (χ0v) is 14.9. The van der Waals surface area contributed by atoms with Crippen LogP contribution in [0, 0.1) is 5.92 Å². The first-order chi connectivity index (χ1) is 12.6. The molecule has 7 nitrogen and oxygen atoms in total. The first kappa shape index (κ1) is 17.4. The number of hydrogen-bond acceptors (Lipinski definition) is 5. The number of hydrogen-bond donors (Lipinski definition) is 0. The highest BCUT2D eigenvalue weighted by Crippen LogP contribution is 2.39. The number of ether oxygens (including phenoxy) is 2. The van der Waals surface area contributed by atoms with Gasteiger partial charge in [-0.05, 0) is 24.0 Å². The third kappa shape index (κ3) is 3.73. The fraction of sp³-hybridized carbons (Fsp3) is 0.632. The van der Waals surface area contributed by atoms with Gasteiger partial charge in [-0.1, -0.05) is 6.07 Å². The van der Waals surface area contributed by atoms with E-state index in [0.717, 1.165) is 12.0 Å². The summed E-state index contributed by atoms with van der Waals surface area (Å²) in [5.41, 5.74) is 0.695. The number of rotatable bonds is 4. The number of nitrogens with zero attached hydrogens (tertiary/aromatic N) is 3. The van der Waals surface area contributed by atoms with E-state index in [1.54, 1.807) is 12.4 Å². The Hall–Kier alpha value is -1.99. The van der Waals surface area contributed by atoms with Gasteiger partial charge in [-0.25, -0.2) is 0 Å². The minimum absolute atomic E-state index is 0.111. The van der Waals surface area contributed by atoms with Gasteiger partial charge in [-0.2, -0.15) is 0 Å². The van der Waals surface area contributed by atoms with E-state index in [-0.39, 0.29) is 23.3 Å². The molecular weight excluding hydrogens is 334 g/mol. The van der Waals surface area contributed by atoms with Crippen molar-refractivity contribution in [3.63, 3.8) is 0 Å². The maximum atomic E-state index is 12.4. The summed E-state index contributed by atoms with van der Waals surface area (Å²) in [6.07, 6.45) is 5.21. The maximum Gasteiger partial charge on any atom is 0.227 e. The van der Waals surface area contributed by atoms with Crippen molar-refractivity contribution in [1.29, 1.82) is 0 Å². The molecular formula is C19H25N3O4. The zero-order chi connectivity index (χ0) is 18.0. The average Bonchev–Trinajstić information content (AvgIpc) is 3.06. The van der Waals surface area contributed by atoms with Gasteiger partial charge < -0.3 is 19.3 Å². The third-order valence-electron chi connectivity index (χ3n) is 5.50. The molecule has 1 unspecified atom stereocenters. The molecule has 0 bridgehead atoms. The second-order valence-corrected chi connectivity index (χ2v) is 7.55. The molecule has 26 heavy (non-hydrogen) atoms. The summed E-state index contributed by atoms with van der Waals surface area (Å²) in [6.45, 7) is 4.52. The molecule has 1 aromatic rings. The van der Waals surface area contributed by atoms with Gasteiger partial charge >= 0.3 is 0 Å². The Balaban J connectivity index is 1.23. The van der Waals surface area contributed by atoms with Gasteiger partial charge in [0.25, 0.3) is 0 Å².